The largest absolute Gasteiger partial charge is 0.371 e. The van der Waals surface area contributed by atoms with Crippen LogP contribution in [-0.4, -0.2) is 58.4 Å². The predicted molar refractivity (Wildman–Crippen MR) is 128 cm³/mol. The number of nitrogens with zero attached hydrogens (tertiary/aromatic N) is 2. The molecule has 1 aliphatic rings. The van der Waals surface area contributed by atoms with E-state index in [1.54, 1.807) is 0 Å². The second-order valence-corrected chi connectivity index (χ2v) is 9.44. The molecule has 0 unspecified atom stereocenters. The molecule has 0 aromatic heterocycles. The van der Waals surface area contributed by atoms with E-state index >= 15 is 0 Å². The number of hydrogen-bond donors (Lipinski definition) is 3. The lowest BCUT2D eigenvalue weighted by Gasteiger charge is -2.34. The first kappa shape index (κ1) is 25.0. The lowest BCUT2D eigenvalue weighted by molar-refractivity contribution is 0.451. The smallest absolute Gasteiger partial charge is 0.209 e. The molecule has 0 saturated carbocycles. The highest BCUT2D eigenvalue weighted by molar-refractivity contribution is 14.0. The van der Waals surface area contributed by atoms with Gasteiger partial charge in [-0.2, -0.15) is 0 Å². The van der Waals surface area contributed by atoms with Gasteiger partial charge in [0.2, 0.25) is 10.0 Å². The lowest BCUT2D eigenvalue weighted by Crippen LogP contribution is -2.50. The number of piperidine rings is 1. The van der Waals surface area contributed by atoms with Gasteiger partial charge in [0, 0.05) is 36.9 Å². The molecule has 7 nitrogen and oxygen atoms in total. The molecule has 1 saturated heterocycles. The molecular weight excluding hydrogens is 489 g/mol. The summed E-state index contributed by atoms with van der Waals surface area (Å²) in [6.07, 6.45) is 3.23. The molecule has 1 aliphatic heterocycles. The van der Waals surface area contributed by atoms with Crippen LogP contribution in [-0.2, 0) is 10.0 Å². The summed E-state index contributed by atoms with van der Waals surface area (Å²) in [6.45, 7) is 8.81. The normalized spacial score (nSPS) is 16.4. The number of halogens is 1. The maximum Gasteiger partial charge on any atom is 0.209 e. The molecule has 0 spiro atoms. The highest BCUT2D eigenvalue weighted by Crippen LogP contribution is 2.19. The first-order chi connectivity index (χ1) is 12.7. The van der Waals surface area contributed by atoms with Crippen molar-refractivity contribution in [2.45, 2.75) is 45.2 Å². The first-order valence-electron chi connectivity index (χ1n) is 9.52. The van der Waals surface area contributed by atoms with E-state index < -0.39 is 15.6 Å². The molecule has 2 rings (SSSR count). The topological polar surface area (TPSA) is 85.8 Å². The number of aliphatic imine (C=N–C) groups is 1. The predicted octanol–water partition coefficient (Wildman–Crippen LogP) is 2.16. The molecule has 28 heavy (non-hydrogen) atoms. The summed E-state index contributed by atoms with van der Waals surface area (Å²) in [6, 6.07) is 10.8. The molecule has 1 heterocycles. The lowest BCUT2D eigenvalue weighted by atomic mass is 10.0. The summed E-state index contributed by atoms with van der Waals surface area (Å²) in [5, 5.41) is 6.76. The Hall–Kier alpha value is -1.07. The fourth-order valence-electron chi connectivity index (χ4n) is 3.25. The van der Waals surface area contributed by atoms with Crippen LogP contribution in [0.2, 0.25) is 0 Å². The zero-order chi connectivity index (χ0) is 19.9. The molecule has 1 aromatic carbocycles. The minimum absolute atomic E-state index is 0. The van der Waals surface area contributed by atoms with E-state index in [-0.39, 0.29) is 24.0 Å². The van der Waals surface area contributed by atoms with Crippen LogP contribution in [0.1, 0.15) is 33.6 Å². The van der Waals surface area contributed by atoms with E-state index in [9.17, 15) is 8.42 Å². The van der Waals surface area contributed by atoms with Gasteiger partial charge in [-0.15, -0.1) is 24.0 Å². The summed E-state index contributed by atoms with van der Waals surface area (Å²) >= 11 is 0. The van der Waals surface area contributed by atoms with Gasteiger partial charge < -0.3 is 15.5 Å². The zero-order valence-electron chi connectivity index (χ0n) is 17.2. The minimum Gasteiger partial charge on any atom is -0.371 e. The van der Waals surface area contributed by atoms with E-state index in [2.05, 4.69) is 49.5 Å². The van der Waals surface area contributed by atoms with Crippen LogP contribution in [0.25, 0.3) is 0 Å². The van der Waals surface area contributed by atoms with Crippen molar-refractivity contribution in [1.82, 2.24) is 15.4 Å². The van der Waals surface area contributed by atoms with Crippen LogP contribution in [0.4, 0.5) is 5.69 Å². The Morgan fingerprint density at radius 2 is 1.82 bits per heavy atom. The van der Waals surface area contributed by atoms with Gasteiger partial charge in [-0.3, -0.25) is 4.99 Å². The van der Waals surface area contributed by atoms with Gasteiger partial charge in [-0.1, -0.05) is 18.2 Å². The van der Waals surface area contributed by atoms with Gasteiger partial charge in [0.05, 0.1) is 12.8 Å². The van der Waals surface area contributed by atoms with Crippen molar-refractivity contribution in [1.29, 1.82) is 0 Å². The Bertz CT molecular complexity index is 717. The SMILES string of the molecule is CCNC(=NCC(C)(C)NS(C)(=O)=O)NC1CCN(c2ccccc2)CC1.I. The highest BCUT2D eigenvalue weighted by atomic mass is 127. The van der Waals surface area contributed by atoms with Crippen LogP contribution in [0.15, 0.2) is 35.3 Å². The van der Waals surface area contributed by atoms with Gasteiger partial charge in [0.1, 0.15) is 0 Å². The third kappa shape index (κ3) is 8.95. The number of anilines is 1. The van der Waals surface area contributed by atoms with Crippen molar-refractivity contribution in [2.24, 2.45) is 4.99 Å². The van der Waals surface area contributed by atoms with Crippen LogP contribution >= 0.6 is 24.0 Å². The van der Waals surface area contributed by atoms with E-state index in [0.29, 0.717) is 12.6 Å². The summed E-state index contributed by atoms with van der Waals surface area (Å²) in [4.78, 5) is 7.00. The summed E-state index contributed by atoms with van der Waals surface area (Å²) in [5.41, 5.74) is 0.636. The number of para-hydroxylation sites is 1. The van der Waals surface area contributed by atoms with Gasteiger partial charge in [-0.05, 0) is 45.7 Å². The number of nitrogens with one attached hydrogen (secondary N) is 3. The Morgan fingerprint density at radius 1 is 1.21 bits per heavy atom. The molecule has 160 valence electrons. The van der Waals surface area contributed by atoms with E-state index in [1.807, 2.05) is 26.8 Å². The van der Waals surface area contributed by atoms with E-state index in [1.165, 1.54) is 11.9 Å². The zero-order valence-corrected chi connectivity index (χ0v) is 20.4. The molecule has 9 heteroatoms. The standard InChI is InChI=1S/C19H33N5O2S.HI/c1-5-20-18(21-15-19(2,3)23-27(4,25)26)22-16-11-13-24(14-12-16)17-9-7-6-8-10-17;/h6-10,16,23H,5,11-15H2,1-4H3,(H2,20,21,22);1H. The number of benzene rings is 1. The molecule has 1 aromatic rings. The van der Waals surface area contributed by atoms with Gasteiger partial charge >= 0.3 is 0 Å². The Labute approximate surface area is 186 Å². The fourth-order valence-corrected chi connectivity index (χ4v) is 4.31. The average molecular weight is 523 g/mol. The summed E-state index contributed by atoms with van der Waals surface area (Å²) < 4.78 is 25.6. The summed E-state index contributed by atoms with van der Waals surface area (Å²) in [7, 11) is -3.27. The molecule has 1 fully saturated rings. The van der Waals surface area contributed by atoms with Gasteiger partial charge in [-0.25, -0.2) is 13.1 Å². The van der Waals surface area contributed by atoms with Crippen LogP contribution in [0, 0.1) is 0 Å². The minimum atomic E-state index is -3.27. The second-order valence-electron chi connectivity index (χ2n) is 7.69. The molecular formula is C19H34IN5O2S. The first-order valence-corrected chi connectivity index (χ1v) is 11.4. The van der Waals surface area contributed by atoms with Crippen LogP contribution in [0.5, 0.6) is 0 Å². The molecule has 3 N–H and O–H groups in total. The van der Waals surface area contributed by atoms with Crippen molar-refractivity contribution in [3.05, 3.63) is 30.3 Å². The Morgan fingerprint density at radius 3 is 2.36 bits per heavy atom. The third-order valence-corrected chi connectivity index (χ3v) is 5.32. The number of guanidine groups is 1. The molecule has 0 radical (unpaired) electrons. The van der Waals surface area contributed by atoms with Crippen LogP contribution in [0.3, 0.4) is 0 Å². The Balaban J connectivity index is 0.00000392. The quantitative estimate of drug-likeness (QED) is 0.290. The summed E-state index contributed by atoms with van der Waals surface area (Å²) in [5.74, 6) is 0.735. The van der Waals surface area contributed by atoms with E-state index in [4.69, 9.17) is 0 Å². The van der Waals surface area contributed by atoms with Crippen molar-refractivity contribution < 1.29 is 8.42 Å². The van der Waals surface area contributed by atoms with Crippen molar-refractivity contribution in [2.75, 3.05) is 37.3 Å². The molecule has 0 bridgehead atoms. The van der Waals surface area contributed by atoms with Gasteiger partial charge in [0.15, 0.2) is 5.96 Å². The highest BCUT2D eigenvalue weighted by Gasteiger charge is 2.23. The third-order valence-electron chi connectivity index (χ3n) is 4.40. The monoisotopic (exact) mass is 523 g/mol. The van der Waals surface area contributed by atoms with Crippen LogP contribution < -0.4 is 20.3 Å². The van der Waals surface area contributed by atoms with Gasteiger partial charge in [0.25, 0.3) is 0 Å². The maximum absolute atomic E-state index is 11.5. The van der Waals surface area contributed by atoms with Crippen molar-refractivity contribution >= 4 is 45.6 Å². The number of rotatable bonds is 7. The number of sulfonamides is 1. The maximum atomic E-state index is 11.5. The van der Waals surface area contributed by atoms with Crippen molar-refractivity contribution in [3.63, 3.8) is 0 Å². The average Bonchev–Trinajstić information content (AvgIpc) is 2.59. The Kier molecular flexibility index (Phi) is 9.99. The second kappa shape index (κ2) is 11.2. The number of hydrogen-bond acceptors (Lipinski definition) is 4. The van der Waals surface area contributed by atoms with E-state index in [0.717, 1.165) is 38.4 Å². The fraction of sp³-hybridized carbons (Fsp3) is 0.632. The van der Waals surface area contributed by atoms with Crippen molar-refractivity contribution in [3.8, 4) is 0 Å². The molecule has 0 amide bonds. The molecule has 0 aliphatic carbocycles. The molecule has 0 atom stereocenters.